The van der Waals surface area contributed by atoms with Gasteiger partial charge in [0.25, 0.3) is 0 Å². The molecular weight excluding hydrogens is 462 g/mol. The van der Waals surface area contributed by atoms with Gasteiger partial charge in [0.15, 0.2) is 0 Å². The predicted octanol–water partition coefficient (Wildman–Crippen LogP) is 4.84. The van der Waals surface area contributed by atoms with Crippen molar-refractivity contribution in [3.05, 3.63) is 60.0 Å². The number of esters is 1. The summed E-state index contributed by atoms with van der Waals surface area (Å²) < 4.78 is 43.7. The van der Waals surface area contributed by atoms with Gasteiger partial charge >= 0.3 is 23.8 Å². The van der Waals surface area contributed by atoms with Crippen molar-refractivity contribution in [1.29, 1.82) is 0 Å². The van der Waals surface area contributed by atoms with Crippen LogP contribution in [0, 0.1) is 17.6 Å². The second-order valence-corrected chi connectivity index (χ2v) is 7.98. The highest BCUT2D eigenvalue weighted by Gasteiger charge is 2.28. The summed E-state index contributed by atoms with van der Waals surface area (Å²) in [4.78, 5) is 24.2. The van der Waals surface area contributed by atoms with Gasteiger partial charge in [-0.05, 0) is 69.0 Å². The highest BCUT2D eigenvalue weighted by molar-refractivity contribution is 6.01. The molecule has 0 saturated heterocycles. The number of carbonyl (C=O) groups is 2. The second-order valence-electron chi connectivity index (χ2n) is 7.98. The predicted molar refractivity (Wildman–Crippen MR) is 121 cm³/mol. The van der Waals surface area contributed by atoms with Crippen molar-refractivity contribution in [2.24, 2.45) is 5.92 Å². The lowest BCUT2D eigenvalue weighted by molar-refractivity contribution is -0.149. The number of nitrogens with zero attached hydrogens (tertiary/aromatic N) is 2. The zero-order valence-electron chi connectivity index (χ0n) is 18.9. The zero-order chi connectivity index (χ0) is 24.8. The van der Waals surface area contributed by atoms with E-state index in [0.29, 0.717) is 43.7 Å². The Kier molecular flexibility index (Phi) is 7.54. The first kappa shape index (κ1) is 24.1. The minimum Gasteiger partial charge on any atom is -0.490 e. The van der Waals surface area contributed by atoms with Crippen LogP contribution in [0.3, 0.4) is 0 Å². The molecular formula is C24H24F2N4O5. The van der Waals surface area contributed by atoms with E-state index >= 15 is 0 Å². The number of nitrogens with one attached hydrogen (secondary N) is 2. The van der Waals surface area contributed by atoms with Crippen molar-refractivity contribution in [2.45, 2.75) is 38.7 Å². The van der Waals surface area contributed by atoms with Gasteiger partial charge in [-0.3, -0.25) is 9.59 Å². The van der Waals surface area contributed by atoms with E-state index in [0.717, 1.165) is 0 Å². The quantitative estimate of drug-likeness (QED) is 0.435. The molecule has 0 aliphatic heterocycles. The van der Waals surface area contributed by atoms with Crippen LogP contribution in [-0.4, -0.2) is 34.8 Å². The van der Waals surface area contributed by atoms with E-state index in [1.54, 1.807) is 13.0 Å². The zero-order valence-corrected chi connectivity index (χ0v) is 18.9. The normalized spacial score (nSPS) is 17.5. The number of hydrogen-bond donors (Lipinski definition) is 2. The molecule has 11 heteroatoms. The van der Waals surface area contributed by atoms with Crippen LogP contribution in [0.4, 0.5) is 26.2 Å². The molecule has 0 bridgehead atoms. The van der Waals surface area contributed by atoms with E-state index in [9.17, 15) is 18.4 Å². The second kappa shape index (κ2) is 10.9. The summed E-state index contributed by atoms with van der Waals surface area (Å²) in [6.45, 7) is 2.14. The first-order chi connectivity index (χ1) is 16.9. The topological polar surface area (TPSA) is 116 Å². The van der Waals surface area contributed by atoms with Crippen LogP contribution in [0.1, 0.15) is 43.3 Å². The largest absolute Gasteiger partial charge is 0.490 e. The minimum atomic E-state index is -0.797. The minimum absolute atomic E-state index is 0.0799. The summed E-state index contributed by atoms with van der Waals surface area (Å²) >= 11 is 0. The molecule has 2 aromatic carbocycles. The molecule has 1 fully saturated rings. The van der Waals surface area contributed by atoms with Gasteiger partial charge in [-0.15, -0.1) is 5.10 Å². The van der Waals surface area contributed by atoms with Gasteiger partial charge in [-0.2, -0.15) is 0 Å². The maximum absolute atomic E-state index is 14.6. The lowest BCUT2D eigenvalue weighted by Crippen LogP contribution is -2.29. The van der Waals surface area contributed by atoms with Crippen molar-refractivity contribution in [3.8, 4) is 5.75 Å². The smallest absolute Gasteiger partial charge is 0.320 e. The molecule has 2 N–H and O–H groups in total. The molecule has 0 radical (unpaired) electrons. The van der Waals surface area contributed by atoms with Gasteiger partial charge in [-0.1, -0.05) is 5.10 Å². The molecule has 1 amide bonds. The maximum Gasteiger partial charge on any atom is 0.320 e. The van der Waals surface area contributed by atoms with Crippen LogP contribution in [-0.2, 0) is 9.53 Å². The fourth-order valence-corrected chi connectivity index (χ4v) is 3.74. The molecule has 3 aromatic rings. The Morgan fingerprint density at radius 1 is 1.06 bits per heavy atom. The molecule has 0 unspecified atom stereocenters. The molecule has 0 spiro atoms. The Hall–Kier alpha value is -4.02. The Morgan fingerprint density at radius 2 is 1.80 bits per heavy atom. The van der Waals surface area contributed by atoms with Gasteiger partial charge in [0, 0.05) is 11.8 Å². The van der Waals surface area contributed by atoms with E-state index in [4.69, 9.17) is 13.9 Å². The first-order valence-electron chi connectivity index (χ1n) is 11.2. The summed E-state index contributed by atoms with van der Waals surface area (Å²) in [5.74, 6) is -2.26. The summed E-state index contributed by atoms with van der Waals surface area (Å²) in [5, 5.41) is 12.5. The standard InChI is InChI=1S/C24H24F2N4O5/c1-2-33-23(32)14-3-9-17(10-4-14)34-18-11-12-20(19(26)13-18)28-21(31)22-29-30-24(35-22)27-16-7-5-15(25)6-8-16/h5-8,11-14,17H,2-4,9-10H2,1H3,(H,27,30)(H,28,31)/t14-,17-. The molecule has 1 aliphatic carbocycles. The van der Waals surface area contributed by atoms with Crippen LogP contribution in [0.2, 0.25) is 0 Å². The third-order valence-corrected chi connectivity index (χ3v) is 5.50. The van der Waals surface area contributed by atoms with Crippen molar-refractivity contribution in [2.75, 3.05) is 17.2 Å². The van der Waals surface area contributed by atoms with Gasteiger partial charge in [0.05, 0.1) is 24.3 Å². The number of hydrogen-bond acceptors (Lipinski definition) is 8. The summed E-state index contributed by atoms with van der Waals surface area (Å²) in [5.41, 5.74) is 0.401. The van der Waals surface area contributed by atoms with E-state index in [1.165, 1.54) is 36.4 Å². The van der Waals surface area contributed by atoms with Crippen LogP contribution >= 0.6 is 0 Å². The van der Waals surface area contributed by atoms with E-state index in [1.807, 2.05) is 0 Å². The molecule has 184 valence electrons. The number of aromatic nitrogens is 2. The van der Waals surface area contributed by atoms with E-state index < -0.39 is 17.5 Å². The van der Waals surface area contributed by atoms with Crippen LogP contribution in [0.15, 0.2) is 46.9 Å². The number of halogens is 2. The monoisotopic (exact) mass is 486 g/mol. The van der Waals surface area contributed by atoms with Gasteiger partial charge in [0.1, 0.15) is 17.4 Å². The first-order valence-corrected chi connectivity index (χ1v) is 11.2. The average Bonchev–Trinajstić information content (AvgIpc) is 3.31. The third-order valence-electron chi connectivity index (χ3n) is 5.50. The van der Waals surface area contributed by atoms with Gasteiger partial charge in [-0.25, -0.2) is 8.78 Å². The van der Waals surface area contributed by atoms with Crippen molar-refractivity contribution in [1.82, 2.24) is 10.2 Å². The molecule has 0 atom stereocenters. The number of rotatable bonds is 8. The fraction of sp³-hybridized carbons (Fsp3) is 0.333. The summed E-state index contributed by atoms with van der Waals surface area (Å²) in [7, 11) is 0. The summed E-state index contributed by atoms with van der Waals surface area (Å²) in [6.07, 6.45) is 2.50. The lowest BCUT2D eigenvalue weighted by Gasteiger charge is -2.27. The molecule has 35 heavy (non-hydrogen) atoms. The maximum atomic E-state index is 14.6. The Morgan fingerprint density at radius 3 is 2.49 bits per heavy atom. The molecule has 9 nitrogen and oxygen atoms in total. The third kappa shape index (κ3) is 6.31. The summed E-state index contributed by atoms with van der Waals surface area (Å²) in [6, 6.07) is 9.45. The lowest BCUT2D eigenvalue weighted by atomic mass is 9.87. The molecule has 1 heterocycles. The molecule has 4 rings (SSSR count). The average molecular weight is 486 g/mol. The van der Waals surface area contributed by atoms with Crippen LogP contribution in [0.5, 0.6) is 5.75 Å². The Labute approximate surface area is 199 Å². The Balaban J connectivity index is 1.30. The van der Waals surface area contributed by atoms with Crippen LogP contribution in [0.25, 0.3) is 0 Å². The highest BCUT2D eigenvalue weighted by Crippen LogP contribution is 2.30. The number of amides is 1. The van der Waals surface area contributed by atoms with E-state index in [-0.39, 0.29) is 35.6 Å². The van der Waals surface area contributed by atoms with Gasteiger partial charge < -0.3 is 24.5 Å². The molecule has 1 aromatic heterocycles. The number of ether oxygens (including phenoxy) is 2. The molecule has 1 aliphatic rings. The number of carbonyl (C=O) groups excluding carboxylic acids is 2. The number of benzene rings is 2. The Bertz CT molecular complexity index is 1180. The van der Waals surface area contributed by atoms with Crippen LogP contribution < -0.4 is 15.4 Å². The SMILES string of the molecule is CCOC(=O)[C@H]1CC[C@H](Oc2ccc(NC(=O)c3nnc(Nc4ccc(F)cc4)o3)c(F)c2)CC1. The van der Waals surface area contributed by atoms with Crippen molar-refractivity contribution < 1.29 is 32.3 Å². The highest BCUT2D eigenvalue weighted by atomic mass is 19.1. The molecule has 1 saturated carbocycles. The fourth-order valence-electron chi connectivity index (χ4n) is 3.74. The van der Waals surface area contributed by atoms with Crippen molar-refractivity contribution in [3.63, 3.8) is 0 Å². The van der Waals surface area contributed by atoms with Crippen molar-refractivity contribution >= 4 is 29.3 Å². The van der Waals surface area contributed by atoms with E-state index in [2.05, 4.69) is 20.8 Å². The van der Waals surface area contributed by atoms with Gasteiger partial charge in [0.2, 0.25) is 0 Å². The number of anilines is 3.